The monoisotopic (exact) mass is 465 g/mol. The molecule has 1 aliphatic rings. The van der Waals surface area contributed by atoms with Gasteiger partial charge in [-0.25, -0.2) is 17.6 Å². The molecule has 1 heterocycles. The number of benzene rings is 2. The van der Waals surface area contributed by atoms with Crippen LogP contribution in [0.25, 0.3) is 0 Å². The zero-order valence-corrected chi connectivity index (χ0v) is 19.3. The summed E-state index contributed by atoms with van der Waals surface area (Å²) in [4.78, 5) is 12.1. The van der Waals surface area contributed by atoms with Gasteiger partial charge < -0.3 is 15.2 Å². The lowest BCUT2D eigenvalue weighted by Crippen LogP contribution is -2.42. The maximum atomic E-state index is 13.8. The fourth-order valence-corrected chi connectivity index (χ4v) is 5.08. The highest BCUT2D eigenvalue weighted by atomic mass is 32.2. The highest BCUT2D eigenvalue weighted by Gasteiger charge is 2.34. The number of ether oxygens (including phenoxy) is 2. The Morgan fingerprint density at radius 3 is 2.59 bits per heavy atom. The molecule has 174 valence electrons. The number of nitrogens with zero attached hydrogens (tertiary/aromatic N) is 1. The number of hydrogen-bond acceptors (Lipinski definition) is 6. The van der Waals surface area contributed by atoms with Crippen molar-refractivity contribution in [3.05, 3.63) is 47.8 Å². The first-order valence-corrected chi connectivity index (χ1v) is 11.6. The van der Waals surface area contributed by atoms with Crippen LogP contribution in [0.5, 0.6) is 5.75 Å². The van der Waals surface area contributed by atoms with E-state index < -0.39 is 27.5 Å². The van der Waals surface area contributed by atoms with Crippen molar-refractivity contribution >= 4 is 27.5 Å². The van der Waals surface area contributed by atoms with Gasteiger partial charge in [0.2, 0.25) is 0 Å². The molecule has 1 amide bonds. The number of nitrogens with one attached hydrogen (secondary N) is 1. The molecule has 10 heteroatoms. The van der Waals surface area contributed by atoms with E-state index >= 15 is 0 Å². The van der Waals surface area contributed by atoms with Crippen molar-refractivity contribution < 1.29 is 27.1 Å². The highest BCUT2D eigenvalue weighted by Crippen LogP contribution is 2.36. The van der Waals surface area contributed by atoms with Gasteiger partial charge in [-0.05, 0) is 69.5 Å². The first kappa shape index (κ1) is 23.8. The van der Waals surface area contributed by atoms with Crippen LogP contribution in [-0.2, 0) is 21.2 Å². The number of halogens is 1. The number of anilines is 2. The summed E-state index contributed by atoms with van der Waals surface area (Å²) in [5.41, 5.74) is 6.77. The van der Waals surface area contributed by atoms with Gasteiger partial charge in [0, 0.05) is 18.3 Å². The zero-order chi connectivity index (χ0) is 23.7. The molecule has 2 aromatic carbocycles. The number of fused-ring (bicyclic) bond motifs is 1. The molecular formula is C22H28FN3O5S. The minimum absolute atomic E-state index is 0.0933. The minimum atomic E-state index is -4.05. The highest BCUT2D eigenvalue weighted by molar-refractivity contribution is 7.92. The quantitative estimate of drug-likeness (QED) is 0.699. The summed E-state index contributed by atoms with van der Waals surface area (Å²) in [6.07, 6.45) is -0.0529. The predicted octanol–water partition coefficient (Wildman–Crippen LogP) is 3.51. The smallest absolute Gasteiger partial charge is 0.412 e. The third kappa shape index (κ3) is 5.13. The first-order chi connectivity index (χ1) is 14.9. The molecule has 2 aromatic rings. The lowest BCUT2D eigenvalue weighted by atomic mass is 9.94. The van der Waals surface area contributed by atoms with E-state index in [-0.39, 0.29) is 23.1 Å². The molecule has 0 radical (unpaired) electrons. The maximum Gasteiger partial charge on any atom is 0.412 e. The van der Waals surface area contributed by atoms with Crippen LogP contribution in [0.4, 0.5) is 20.6 Å². The molecule has 0 aromatic heterocycles. The van der Waals surface area contributed by atoms with Gasteiger partial charge in [-0.3, -0.25) is 9.62 Å². The Labute approximate surface area is 187 Å². The summed E-state index contributed by atoms with van der Waals surface area (Å²) < 4.78 is 52.3. The zero-order valence-electron chi connectivity index (χ0n) is 18.5. The van der Waals surface area contributed by atoms with Crippen molar-refractivity contribution in [2.45, 2.75) is 37.7 Å². The average Bonchev–Trinajstić information content (AvgIpc) is 2.71. The second-order valence-electron chi connectivity index (χ2n) is 8.61. The molecule has 32 heavy (non-hydrogen) atoms. The summed E-state index contributed by atoms with van der Waals surface area (Å²) in [5, 5.41) is 2.63. The minimum Gasteiger partial charge on any atom is -0.494 e. The Kier molecular flexibility index (Phi) is 6.66. The molecule has 0 spiro atoms. The Balaban J connectivity index is 2.01. The standard InChI is InChI=1S/C22H28FN3O5S/c1-22(2,3)31-21(27)25-16-6-5-15-9-14(12-24)13-26(19(15)10-16)32(28,29)17-7-8-18(23)20(11-17)30-4/h5-8,10-11,14H,9,12-13,24H2,1-4H3,(H,25,27). The molecule has 0 saturated heterocycles. The third-order valence-electron chi connectivity index (χ3n) is 4.98. The number of methoxy groups -OCH3 is 1. The van der Waals surface area contributed by atoms with E-state index in [4.69, 9.17) is 15.2 Å². The van der Waals surface area contributed by atoms with Crippen LogP contribution in [-0.4, -0.2) is 40.3 Å². The fraction of sp³-hybridized carbons (Fsp3) is 0.409. The fourth-order valence-electron chi connectivity index (χ4n) is 3.49. The van der Waals surface area contributed by atoms with Crippen molar-refractivity contribution in [2.24, 2.45) is 11.7 Å². The van der Waals surface area contributed by atoms with E-state index in [0.29, 0.717) is 24.3 Å². The number of carbonyl (C=O) groups excluding carboxylic acids is 1. The Hall–Kier alpha value is -2.85. The van der Waals surface area contributed by atoms with E-state index in [2.05, 4.69) is 5.32 Å². The largest absolute Gasteiger partial charge is 0.494 e. The molecule has 1 unspecified atom stereocenters. The van der Waals surface area contributed by atoms with Gasteiger partial charge in [0.25, 0.3) is 10.0 Å². The molecule has 0 bridgehead atoms. The summed E-state index contributed by atoms with van der Waals surface area (Å²) in [7, 11) is -2.79. The summed E-state index contributed by atoms with van der Waals surface area (Å²) in [6, 6.07) is 8.44. The van der Waals surface area contributed by atoms with Crippen LogP contribution in [0.3, 0.4) is 0 Å². The van der Waals surface area contributed by atoms with Crippen LogP contribution in [0, 0.1) is 11.7 Å². The van der Waals surface area contributed by atoms with Gasteiger partial charge >= 0.3 is 6.09 Å². The van der Waals surface area contributed by atoms with E-state index in [0.717, 1.165) is 17.7 Å². The first-order valence-electron chi connectivity index (χ1n) is 10.1. The topological polar surface area (TPSA) is 111 Å². The number of amides is 1. The third-order valence-corrected chi connectivity index (χ3v) is 6.75. The van der Waals surface area contributed by atoms with Crippen LogP contribution in [0.1, 0.15) is 26.3 Å². The van der Waals surface area contributed by atoms with Crippen molar-refractivity contribution in [2.75, 3.05) is 29.8 Å². The normalized spacial score (nSPS) is 16.3. The van der Waals surface area contributed by atoms with Crippen LogP contribution >= 0.6 is 0 Å². The van der Waals surface area contributed by atoms with Gasteiger partial charge in [0.05, 0.1) is 17.7 Å². The summed E-state index contributed by atoms with van der Waals surface area (Å²) >= 11 is 0. The Bertz CT molecular complexity index is 1120. The number of hydrogen-bond donors (Lipinski definition) is 2. The molecule has 3 N–H and O–H groups in total. The van der Waals surface area contributed by atoms with E-state index in [1.54, 1.807) is 39.0 Å². The van der Waals surface area contributed by atoms with Crippen LogP contribution in [0.2, 0.25) is 0 Å². The molecule has 8 nitrogen and oxygen atoms in total. The average molecular weight is 466 g/mol. The second kappa shape index (κ2) is 8.95. The van der Waals surface area contributed by atoms with Crippen molar-refractivity contribution in [1.29, 1.82) is 0 Å². The second-order valence-corrected chi connectivity index (χ2v) is 10.5. The lowest BCUT2D eigenvalue weighted by molar-refractivity contribution is 0.0636. The van der Waals surface area contributed by atoms with Crippen molar-refractivity contribution in [3.63, 3.8) is 0 Å². The van der Waals surface area contributed by atoms with Gasteiger partial charge in [-0.2, -0.15) is 0 Å². The van der Waals surface area contributed by atoms with E-state index in [1.165, 1.54) is 17.5 Å². The molecule has 0 aliphatic carbocycles. The van der Waals surface area contributed by atoms with Gasteiger partial charge in [-0.1, -0.05) is 6.07 Å². The van der Waals surface area contributed by atoms with Gasteiger partial charge in [0.1, 0.15) is 5.60 Å². The Morgan fingerprint density at radius 2 is 1.97 bits per heavy atom. The molecular weight excluding hydrogens is 437 g/mol. The number of nitrogens with two attached hydrogens (primary N) is 1. The molecule has 1 atom stereocenters. The maximum absolute atomic E-state index is 13.8. The van der Waals surface area contributed by atoms with E-state index in [1.807, 2.05) is 0 Å². The predicted molar refractivity (Wildman–Crippen MR) is 120 cm³/mol. The Morgan fingerprint density at radius 1 is 1.25 bits per heavy atom. The van der Waals surface area contributed by atoms with Crippen LogP contribution in [0.15, 0.2) is 41.3 Å². The number of carbonyl (C=O) groups is 1. The number of rotatable bonds is 5. The molecule has 0 fully saturated rings. The molecule has 1 aliphatic heterocycles. The summed E-state index contributed by atoms with van der Waals surface area (Å²) in [6.45, 7) is 5.70. The van der Waals surface area contributed by atoms with Gasteiger partial charge in [-0.15, -0.1) is 0 Å². The number of sulfonamides is 1. The SMILES string of the molecule is COc1cc(S(=O)(=O)N2CC(CN)Cc3ccc(NC(=O)OC(C)(C)C)cc32)ccc1F. The van der Waals surface area contributed by atoms with Crippen molar-refractivity contribution in [3.8, 4) is 5.75 Å². The van der Waals surface area contributed by atoms with Gasteiger partial charge in [0.15, 0.2) is 11.6 Å². The molecule has 0 saturated carbocycles. The van der Waals surface area contributed by atoms with Crippen LogP contribution < -0.4 is 20.1 Å². The molecule has 3 rings (SSSR count). The lowest BCUT2D eigenvalue weighted by Gasteiger charge is -2.35. The summed E-state index contributed by atoms with van der Waals surface area (Å²) in [5.74, 6) is -0.919. The van der Waals surface area contributed by atoms with Crippen molar-refractivity contribution in [1.82, 2.24) is 0 Å². The van der Waals surface area contributed by atoms with E-state index in [9.17, 15) is 17.6 Å².